The van der Waals surface area contributed by atoms with Crippen molar-refractivity contribution in [2.75, 3.05) is 24.0 Å². The van der Waals surface area contributed by atoms with Crippen molar-refractivity contribution in [3.8, 4) is 5.75 Å². The van der Waals surface area contributed by atoms with Crippen molar-refractivity contribution >= 4 is 15.7 Å². The number of benzene rings is 2. The largest absolute Gasteiger partial charge is 0.493 e. The second-order valence-corrected chi connectivity index (χ2v) is 8.42. The normalized spacial score (nSPS) is 14.9. The lowest BCUT2D eigenvalue weighted by atomic mass is 10.2. The zero-order chi connectivity index (χ0) is 17.9. The molecule has 2 aromatic rings. The molecule has 3 rings (SSSR count). The second kappa shape index (κ2) is 7.45. The molecular formula is C19H24N2O3S. The molecule has 0 saturated heterocycles. The summed E-state index contributed by atoms with van der Waals surface area (Å²) < 4.78 is 33.4. The van der Waals surface area contributed by atoms with Crippen LogP contribution in [-0.2, 0) is 16.6 Å². The van der Waals surface area contributed by atoms with Crippen LogP contribution in [0.5, 0.6) is 5.75 Å². The van der Waals surface area contributed by atoms with Crippen LogP contribution in [0.3, 0.4) is 0 Å². The predicted molar refractivity (Wildman–Crippen MR) is 99.5 cm³/mol. The molecule has 1 N–H and O–H groups in total. The van der Waals surface area contributed by atoms with Gasteiger partial charge in [-0.1, -0.05) is 32.0 Å². The van der Waals surface area contributed by atoms with Gasteiger partial charge >= 0.3 is 0 Å². The molecule has 0 amide bonds. The van der Waals surface area contributed by atoms with Gasteiger partial charge in [0.15, 0.2) is 0 Å². The van der Waals surface area contributed by atoms with E-state index < -0.39 is 10.0 Å². The van der Waals surface area contributed by atoms with Gasteiger partial charge in [-0.15, -0.1) is 0 Å². The van der Waals surface area contributed by atoms with Crippen molar-refractivity contribution < 1.29 is 13.2 Å². The first kappa shape index (κ1) is 17.8. The van der Waals surface area contributed by atoms with Crippen LogP contribution in [0.15, 0.2) is 53.4 Å². The molecule has 0 unspecified atom stereocenters. The van der Waals surface area contributed by atoms with Gasteiger partial charge in [0, 0.05) is 19.6 Å². The van der Waals surface area contributed by atoms with Gasteiger partial charge < -0.3 is 10.1 Å². The summed E-state index contributed by atoms with van der Waals surface area (Å²) in [5, 5.41) is 3.27. The molecule has 0 aromatic heterocycles. The van der Waals surface area contributed by atoms with Crippen LogP contribution in [0.4, 0.5) is 5.69 Å². The van der Waals surface area contributed by atoms with E-state index >= 15 is 0 Å². The first-order chi connectivity index (χ1) is 12.0. The summed E-state index contributed by atoms with van der Waals surface area (Å²) >= 11 is 0. The summed E-state index contributed by atoms with van der Waals surface area (Å²) in [6.45, 7) is 6.45. The van der Waals surface area contributed by atoms with Gasteiger partial charge in [-0.05, 0) is 41.8 Å². The number of hydrogen-bond donors (Lipinski definition) is 1. The summed E-state index contributed by atoms with van der Waals surface area (Å²) in [6.07, 6.45) is 0. The molecule has 2 aromatic carbocycles. The third-order valence-electron chi connectivity index (χ3n) is 4.06. The Hall–Kier alpha value is -2.05. The fourth-order valence-corrected chi connectivity index (χ4v) is 4.28. The molecule has 6 heteroatoms. The van der Waals surface area contributed by atoms with E-state index in [0.29, 0.717) is 37.9 Å². The first-order valence-corrected chi connectivity index (χ1v) is 9.97. The van der Waals surface area contributed by atoms with Gasteiger partial charge in [-0.2, -0.15) is 0 Å². The number of nitrogens with one attached hydrogen (secondary N) is 1. The van der Waals surface area contributed by atoms with Gasteiger partial charge in [0.25, 0.3) is 10.0 Å². The van der Waals surface area contributed by atoms with E-state index in [9.17, 15) is 8.42 Å². The fraction of sp³-hybridized carbons (Fsp3) is 0.368. The van der Waals surface area contributed by atoms with E-state index in [0.717, 1.165) is 11.3 Å². The first-order valence-electron chi connectivity index (χ1n) is 8.52. The average molecular weight is 360 g/mol. The number of rotatable bonds is 5. The van der Waals surface area contributed by atoms with Crippen LogP contribution in [0, 0.1) is 5.92 Å². The van der Waals surface area contributed by atoms with Crippen LogP contribution in [0.25, 0.3) is 0 Å². The quantitative estimate of drug-likeness (QED) is 0.890. The summed E-state index contributed by atoms with van der Waals surface area (Å²) in [7, 11) is -3.61. The van der Waals surface area contributed by atoms with Crippen LogP contribution in [0.2, 0.25) is 0 Å². The van der Waals surface area contributed by atoms with E-state index in [1.165, 1.54) is 4.31 Å². The van der Waals surface area contributed by atoms with Crippen molar-refractivity contribution in [2.45, 2.75) is 25.3 Å². The van der Waals surface area contributed by atoms with Gasteiger partial charge in [-0.3, -0.25) is 4.31 Å². The topological polar surface area (TPSA) is 58.6 Å². The summed E-state index contributed by atoms with van der Waals surface area (Å²) in [5.74, 6) is 1.11. The third-order valence-corrected chi connectivity index (χ3v) is 5.89. The average Bonchev–Trinajstić information content (AvgIpc) is 2.83. The molecule has 0 aliphatic carbocycles. The Labute approximate surface area is 149 Å². The number of anilines is 1. The molecule has 134 valence electrons. The van der Waals surface area contributed by atoms with Crippen molar-refractivity contribution in [1.29, 1.82) is 0 Å². The van der Waals surface area contributed by atoms with Crippen molar-refractivity contribution in [3.05, 3.63) is 54.1 Å². The molecule has 1 aliphatic rings. The lowest BCUT2D eigenvalue weighted by molar-refractivity contribution is 0.271. The molecule has 1 heterocycles. The fourth-order valence-electron chi connectivity index (χ4n) is 2.78. The minimum absolute atomic E-state index is 0.279. The molecule has 0 bridgehead atoms. The highest BCUT2D eigenvalue weighted by Gasteiger charge is 2.27. The molecule has 0 radical (unpaired) electrons. The van der Waals surface area contributed by atoms with E-state index in [2.05, 4.69) is 19.2 Å². The Morgan fingerprint density at radius 2 is 1.84 bits per heavy atom. The smallest absolute Gasteiger partial charge is 0.264 e. The van der Waals surface area contributed by atoms with Gasteiger partial charge in [0.1, 0.15) is 5.75 Å². The van der Waals surface area contributed by atoms with Crippen LogP contribution in [0.1, 0.15) is 19.4 Å². The number of nitrogens with zero attached hydrogens (tertiary/aromatic N) is 1. The summed E-state index contributed by atoms with van der Waals surface area (Å²) in [6, 6.07) is 14.3. The number of fused-ring (bicyclic) bond motifs is 1. The molecule has 0 fully saturated rings. The molecule has 25 heavy (non-hydrogen) atoms. The standard InChI is InChI=1S/C19H24N2O3S/c1-15(2)14-24-17-7-9-18(10-8-17)25(22,23)21-12-11-20-13-16-5-3-4-6-19(16)21/h3-10,15,20H,11-14H2,1-2H3. The van der Waals surface area contributed by atoms with Crippen LogP contribution >= 0.6 is 0 Å². The monoisotopic (exact) mass is 360 g/mol. The zero-order valence-electron chi connectivity index (χ0n) is 14.6. The molecule has 0 atom stereocenters. The van der Waals surface area contributed by atoms with Crippen LogP contribution < -0.4 is 14.4 Å². The zero-order valence-corrected chi connectivity index (χ0v) is 15.4. The Balaban J connectivity index is 1.89. The summed E-state index contributed by atoms with van der Waals surface area (Å²) in [5.41, 5.74) is 1.73. The Bertz CT molecular complexity index is 817. The second-order valence-electron chi connectivity index (χ2n) is 6.56. The Morgan fingerprint density at radius 3 is 2.56 bits per heavy atom. The predicted octanol–water partition coefficient (Wildman–Crippen LogP) is 3.02. The van der Waals surface area contributed by atoms with E-state index in [4.69, 9.17) is 4.74 Å². The lowest BCUT2D eigenvalue weighted by Gasteiger charge is -2.24. The Morgan fingerprint density at radius 1 is 1.12 bits per heavy atom. The lowest BCUT2D eigenvalue weighted by Crippen LogP contribution is -2.34. The van der Waals surface area contributed by atoms with E-state index in [1.807, 2.05) is 24.3 Å². The maximum Gasteiger partial charge on any atom is 0.264 e. The van der Waals surface area contributed by atoms with E-state index in [-0.39, 0.29) is 4.90 Å². The van der Waals surface area contributed by atoms with Crippen molar-refractivity contribution in [2.24, 2.45) is 5.92 Å². The highest BCUT2D eigenvalue weighted by atomic mass is 32.2. The number of ether oxygens (including phenoxy) is 1. The molecule has 0 saturated carbocycles. The number of sulfonamides is 1. The van der Waals surface area contributed by atoms with Gasteiger partial charge in [0.05, 0.1) is 17.2 Å². The number of hydrogen-bond acceptors (Lipinski definition) is 4. The maximum atomic E-state index is 13.1. The highest BCUT2D eigenvalue weighted by Crippen LogP contribution is 2.29. The molecule has 0 spiro atoms. The highest BCUT2D eigenvalue weighted by molar-refractivity contribution is 7.92. The van der Waals surface area contributed by atoms with E-state index in [1.54, 1.807) is 24.3 Å². The SMILES string of the molecule is CC(C)COc1ccc(S(=O)(=O)N2CCNCc3ccccc32)cc1. The summed E-state index contributed by atoms with van der Waals surface area (Å²) in [4.78, 5) is 0.279. The third kappa shape index (κ3) is 3.96. The number of para-hydroxylation sites is 1. The van der Waals surface area contributed by atoms with Crippen LogP contribution in [-0.4, -0.2) is 28.1 Å². The van der Waals surface area contributed by atoms with Crippen molar-refractivity contribution in [3.63, 3.8) is 0 Å². The molecule has 1 aliphatic heterocycles. The minimum Gasteiger partial charge on any atom is -0.493 e. The maximum absolute atomic E-state index is 13.1. The minimum atomic E-state index is -3.61. The Kier molecular flexibility index (Phi) is 5.30. The van der Waals surface area contributed by atoms with Gasteiger partial charge in [0.2, 0.25) is 0 Å². The molecule has 5 nitrogen and oxygen atoms in total. The molecular weight excluding hydrogens is 336 g/mol. The van der Waals surface area contributed by atoms with Crippen molar-refractivity contribution in [1.82, 2.24) is 5.32 Å². The van der Waals surface area contributed by atoms with Gasteiger partial charge in [-0.25, -0.2) is 8.42 Å².